The van der Waals surface area contributed by atoms with E-state index in [1.165, 1.54) is 48.4 Å². The van der Waals surface area contributed by atoms with Gasteiger partial charge in [0.05, 0.1) is 29.2 Å². The van der Waals surface area contributed by atoms with Gasteiger partial charge in [0, 0.05) is 24.7 Å². The lowest BCUT2D eigenvalue weighted by Crippen LogP contribution is -2.32. The standard InChI is InChI=1S/C23H25N3O7/c1-24(2)10-5-11-25-20(14-6-4-7-15(12-14)26(31)32)19(22(29)23(25)30)21(28)17-9-8-16(33-3)13-18(17)27/h4,6-9,12-13,20,27-28H,5,10-11H2,1-3H3. The molecule has 2 aromatic carbocycles. The summed E-state index contributed by atoms with van der Waals surface area (Å²) in [6.07, 6.45) is 0.541. The van der Waals surface area contributed by atoms with E-state index in [0.717, 1.165) is 0 Å². The Labute approximate surface area is 190 Å². The lowest BCUT2D eigenvalue weighted by atomic mass is 9.94. The summed E-state index contributed by atoms with van der Waals surface area (Å²) in [6, 6.07) is 8.67. The maximum Gasteiger partial charge on any atom is 0.295 e. The van der Waals surface area contributed by atoms with Crippen LogP contribution >= 0.6 is 0 Å². The van der Waals surface area contributed by atoms with Crippen molar-refractivity contribution in [3.05, 3.63) is 69.3 Å². The molecule has 1 atom stereocenters. The van der Waals surface area contributed by atoms with Crippen molar-refractivity contribution in [2.24, 2.45) is 0 Å². The van der Waals surface area contributed by atoms with Crippen LogP contribution in [-0.2, 0) is 9.59 Å². The molecule has 0 radical (unpaired) electrons. The summed E-state index contributed by atoms with van der Waals surface area (Å²) in [5.41, 5.74) is -0.204. The van der Waals surface area contributed by atoms with Crippen molar-refractivity contribution in [2.45, 2.75) is 12.5 Å². The Bertz CT molecular complexity index is 1130. The van der Waals surface area contributed by atoms with Crippen LogP contribution in [-0.4, -0.2) is 70.9 Å². The number of nitrogens with zero attached hydrogens (tertiary/aromatic N) is 3. The average Bonchev–Trinajstić information content (AvgIpc) is 3.03. The number of benzene rings is 2. The first-order valence-electron chi connectivity index (χ1n) is 10.2. The minimum Gasteiger partial charge on any atom is -0.507 e. The van der Waals surface area contributed by atoms with Gasteiger partial charge in [-0.05, 0) is 44.8 Å². The van der Waals surface area contributed by atoms with Gasteiger partial charge in [-0.1, -0.05) is 12.1 Å². The molecule has 2 aromatic rings. The molecule has 174 valence electrons. The molecular formula is C23H25N3O7. The Balaban J connectivity index is 2.16. The number of ketones is 1. The second-order valence-corrected chi connectivity index (χ2v) is 7.88. The highest BCUT2D eigenvalue weighted by molar-refractivity contribution is 6.46. The van der Waals surface area contributed by atoms with Crippen molar-refractivity contribution in [3.63, 3.8) is 0 Å². The van der Waals surface area contributed by atoms with Gasteiger partial charge in [0.1, 0.15) is 17.3 Å². The summed E-state index contributed by atoms with van der Waals surface area (Å²) in [5, 5.41) is 32.7. The number of non-ortho nitro benzene ring substituents is 1. The predicted molar refractivity (Wildman–Crippen MR) is 120 cm³/mol. The summed E-state index contributed by atoms with van der Waals surface area (Å²) < 4.78 is 5.05. The van der Waals surface area contributed by atoms with Crippen LogP contribution < -0.4 is 4.74 Å². The Morgan fingerprint density at radius 3 is 2.55 bits per heavy atom. The molecule has 0 spiro atoms. The van der Waals surface area contributed by atoms with Crippen molar-refractivity contribution in [3.8, 4) is 11.5 Å². The van der Waals surface area contributed by atoms with Crippen molar-refractivity contribution in [1.82, 2.24) is 9.80 Å². The van der Waals surface area contributed by atoms with E-state index in [4.69, 9.17) is 4.74 Å². The van der Waals surface area contributed by atoms with Crippen molar-refractivity contribution in [2.75, 3.05) is 34.3 Å². The van der Waals surface area contributed by atoms with Crippen LogP contribution in [0.25, 0.3) is 5.76 Å². The zero-order chi connectivity index (χ0) is 24.3. The molecule has 1 aliphatic heterocycles. The van der Waals surface area contributed by atoms with Crippen LogP contribution in [0, 0.1) is 10.1 Å². The molecule has 0 aromatic heterocycles. The predicted octanol–water partition coefficient (Wildman–Crippen LogP) is 2.68. The van der Waals surface area contributed by atoms with Gasteiger partial charge in [-0.2, -0.15) is 0 Å². The maximum atomic E-state index is 13.0. The van der Waals surface area contributed by atoms with Gasteiger partial charge in [0.2, 0.25) is 0 Å². The number of phenols is 1. The van der Waals surface area contributed by atoms with Crippen molar-refractivity contribution >= 4 is 23.1 Å². The first kappa shape index (κ1) is 23.7. The second-order valence-electron chi connectivity index (χ2n) is 7.88. The van der Waals surface area contributed by atoms with Gasteiger partial charge in [0.15, 0.2) is 0 Å². The van der Waals surface area contributed by atoms with Gasteiger partial charge < -0.3 is 24.7 Å². The number of aromatic hydroxyl groups is 1. The number of carbonyl (C=O) groups excluding carboxylic acids is 2. The second kappa shape index (κ2) is 9.70. The number of aliphatic hydroxyl groups is 1. The number of carbonyl (C=O) groups is 2. The lowest BCUT2D eigenvalue weighted by Gasteiger charge is -2.26. The van der Waals surface area contributed by atoms with E-state index in [1.807, 2.05) is 19.0 Å². The Hall–Kier alpha value is -3.92. The highest BCUT2D eigenvalue weighted by atomic mass is 16.6. The van der Waals surface area contributed by atoms with Crippen LogP contribution in [0.5, 0.6) is 11.5 Å². The van der Waals surface area contributed by atoms with E-state index in [-0.39, 0.29) is 29.1 Å². The van der Waals surface area contributed by atoms with E-state index in [2.05, 4.69) is 0 Å². The molecule has 33 heavy (non-hydrogen) atoms. The Kier molecular flexibility index (Phi) is 6.98. The highest BCUT2D eigenvalue weighted by Gasteiger charge is 2.46. The number of likely N-dealkylation sites (tertiary alicyclic amines) is 1. The van der Waals surface area contributed by atoms with Gasteiger partial charge in [0.25, 0.3) is 17.4 Å². The maximum absolute atomic E-state index is 13.0. The van der Waals surface area contributed by atoms with E-state index in [9.17, 15) is 29.9 Å². The molecule has 1 saturated heterocycles. The number of aliphatic hydroxyl groups excluding tert-OH is 1. The molecule has 1 aliphatic rings. The molecule has 10 nitrogen and oxygen atoms in total. The van der Waals surface area contributed by atoms with E-state index in [1.54, 1.807) is 6.07 Å². The summed E-state index contributed by atoms with van der Waals surface area (Å²) in [5.74, 6) is -2.32. The fraction of sp³-hybridized carbons (Fsp3) is 0.304. The number of rotatable bonds is 8. The number of hydrogen-bond acceptors (Lipinski definition) is 8. The van der Waals surface area contributed by atoms with Gasteiger partial charge in [-0.3, -0.25) is 19.7 Å². The Morgan fingerprint density at radius 2 is 1.94 bits per heavy atom. The molecule has 1 unspecified atom stereocenters. The largest absolute Gasteiger partial charge is 0.507 e. The van der Waals surface area contributed by atoms with Crippen molar-refractivity contribution < 1.29 is 29.5 Å². The molecule has 3 rings (SSSR count). The number of amides is 1. The zero-order valence-corrected chi connectivity index (χ0v) is 18.5. The molecule has 1 fully saturated rings. The average molecular weight is 455 g/mol. The minimum absolute atomic E-state index is 0.0578. The lowest BCUT2D eigenvalue weighted by molar-refractivity contribution is -0.384. The monoisotopic (exact) mass is 455 g/mol. The molecular weight excluding hydrogens is 430 g/mol. The quantitative estimate of drug-likeness (QED) is 0.204. The van der Waals surface area contributed by atoms with Gasteiger partial charge >= 0.3 is 0 Å². The van der Waals surface area contributed by atoms with Crippen molar-refractivity contribution in [1.29, 1.82) is 0 Å². The molecule has 1 heterocycles. The fourth-order valence-corrected chi connectivity index (χ4v) is 3.81. The number of phenolic OH excluding ortho intramolecular Hbond substituents is 1. The van der Waals surface area contributed by atoms with Crippen LogP contribution in [0.15, 0.2) is 48.0 Å². The smallest absolute Gasteiger partial charge is 0.295 e. The molecule has 0 saturated carbocycles. The highest BCUT2D eigenvalue weighted by Crippen LogP contribution is 2.42. The zero-order valence-electron chi connectivity index (χ0n) is 18.5. The van der Waals surface area contributed by atoms with Gasteiger partial charge in [-0.25, -0.2) is 0 Å². The van der Waals surface area contributed by atoms with Crippen LogP contribution in [0.2, 0.25) is 0 Å². The number of nitro benzene ring substituents is 1. The number of Topliss-reactive ketones (excluding diaryl/α,β-unsaturated/α-hetero) is 1. The van der Waals surface area contributed by atoms with Crippen LogP contribution in [0.4, 0.5) is 5.69 Å². The first-order chi connectivity index (χ1) is 15.6. The molecule has 2 N–H and O–H groups in total. The normalized spacial score (nSPS) is 17.6. The molecule has 1 amide bonds. The Morgan fingerprint density at radius 1 is 1.21 bits per heavy atom. The van der Waals surface area contributed by atoms with Gasteiger partial charge in [-0.15, -0.1) is 0 Å². The summed E-state index contributed by atoms with van der Waals surface area (Å²) in [7, 11) is 5.16. The van der Waals surface area contributed by atoms with Crippen LogP contribution in [0.1, 0.15) is 23.6 Å². The summed E-state index contributed by atoms with van der Waals surface area (Å²) in [6.45, 7) is 0.839. The van der Waals surface area contributed by atoms with E-state index >= 15 is 0 Å². The minimum atomic E-state index is -1.05. The molecule has 10 heteroatoms. The molecule has 0 aliphatic carbocycles. The SMILES string of the molecule is COc1ccc(C(O)=C2C(=O)C(=O)N(CCCN(C)C)C2c2cccc([N+](=O)[O-])c2)c(O)c1. The third-order valence-electron chi connectivity index (χ3n) is 5.40. The third-order valence-corrected chi connectivity index (χ3v) is 5.40. The number of ether oxygens (including phenoxy) is 1. The first-order valence-corrected chi connectivity index (χ1v) is 10.2. The third kappa shape index (κ3) is 4.80. The topological polar surface area (TPSA) is 133 Å². The number of nitro groups is 1. The molecule has 0 bridgehead atoms. The number of methoxy groups -OCH3 is 1. The number of hydrogen-bond donors (Lipinski definition) is 2. The van der Waals surface area contributed by atoms with E-state index in [0.29, 0.717) is 24.3 Å². The summed E-state index contributed by atoms with van der Waals surface area (Å²) >= 11 is 0. The van der Waals surface area contributed by atoms with E-state index < -0.39 is 28.4 Å². The van der Waals surface area contributed by atoms with Crippen LogP contribution in [0.3, 0.4) is 0 Å². The fourth-order valence-electron chi connectivity index (χ4n) is 3.81. The summed E-state index contributed by atoms with van der Waals surface area (Å²) in [4.78, 5) is 39.9.